The average molecular weight is 493 g/mol. The number of nitrogens with zero attached hydrogens (tertiary/aromatic N) is 3. The molecule has 10 heteroatoms. The van der Waals surface area contributed by atoms with E-state index in [4.69, 9.17) is 11.6 Å². The molecule has 7 nitrogen and oxygen atoms in total. The predicted molar refractivity (Wildman–Crippen MR) is 125 cm³/mol. The van der Waals surface area contributed by atoms with E-state index in [1.54, 1.807) is 30.5 Å². The smallest absolute Gasteiger partial charge is 0.252 e. The van der Waals surface area contributed by atoms with Crippen LogP contribution < -0.4 is 5.32 Å². The third-order valence-electron chi connectivity index (χ3n) is 5.67. The van der Waals surface area contributed by atoms with Crippen molar-refractivity contribution in [3.05, 3.63) is 70.1 Å². The molecule has 1 fully saturated rings. The van der Waals surface area contributed by atoms with E-state index in [1.165, 1.54) is 15.6 Å². The minimum Gasteiger partial charge on any atom is -0.342 e. The summed E-state index contributed by atoms with van der Waals surface area (Å²) in [6.45, 7) is 2.46. The van der Waals surface area contributed by atoms with Crippen LogP contribution in [0, 0.1) is 12.8 Å². The van der Waals surface area contributed by atoms with E-state index in [-0.39, 0.29) is 12.5 Å². The van der Waals surface area contributed by atoms with Crippen molar-refractivity contribution in [3.8, 4) is 0 Å². The number of carbonyl (C=O) groups excluding carboxylic acids is 1. The van der Waals surface area contributed by atoms with Crippen LogP contribution in [-0.2, 0) is 21.9 Å². The molecule has 1 N–H and O–H groups in total. The zero-order valence-electron chi connectivity index (χ0n) is 17.9. The summed E-state index contributed by atoms with van der Waals surface area (Å²) in [5.74, 6) is 0.0693. The van der Waals surface area contributed by atoms with E-state index in [1.807, 2.05) is 36.9 Å². The Labute approximate surface area is 197 Å². The maximum absolute atomic E-state index is 13.3. The first-order chi connectivity index (χ1) is 15.3. The number of sulfonamides is 1. The first-order valence-electron chi connectivity index (χ1n) is 10.4. The second-order valence-electron chi connectivity index (χ2n) is 7.96. The molecule has 0 aliphatic carbocycles. The number of nitrogens with one attached hydrogen (secondary N) is 1. The molecule has 0 spiro atoms. The molecule has 3 heterocycles. The molecule has 2 aromatic heterocycles. The van der Waals surface area contributed by atoms with Gasteiger partial charge in [-0.25, -0.2) is 13.4 Å². The molecular weight excluding hydrogens is 468 g/mol. The van der Waals surface area contributed by atoms with Crippen LogP contribution in [-0.4, -0.2) is 41.3 Å². The van der Waals surface area contributed by atoms with Gasteiger partial charge in [0.15, 0.2) is 0 Å². The van der Waals surface area contributed by atoms with Gasteiger partial charge < -0.3 is 9.88 Å². The first kappa shape index (κ1) is 23.0. The third kappa shape index (κ3) is 4.76. The van der Waals surface area contributed by atoms with E-state index in [2.05, 4.69) is 10.3 Å². The van der Waals surface area contributed by atoms with Crippen molar-refractivity contribution in [3.63, 3.8) is 0 Å². The number of aryl methyl sites for hydroxylation is 2. The van der Waals surface area contributed by atoms with Gasteiger partial charge in [-0.15, -0.1) is 11.3 Å². The number of benzene rings is 1. The van der Waals surface area contributed by atoms with Crippen molar-refractivity contribution in [2.45, 2.75) is 30.0 Å². The number of piperidine rings is 1. The Morgan fingerprint density at radius 1 is 1.25 bits per heavy atom. The van der Waals surface area contributed by atoms with Crippen molar-refractivity contribution in [2.24, 2.45) is 13.0 Å². The highest BCUT2D eigenvalue weighted by Gasteiger charge is 2.35. The number of halogens is 1. The number of hydrogen-bond acceptors (Lipinski definition) is 5. The van der Waals surface area contributed by atoms with Gasteiger partial charge in [-0.3, -0.25) is 4.79 Å². The fourth-order valence-electron chi connectivity index (χ4n) is 3.92. The Kier molecular flexibility index (Phi) is 6.71. The monoisotopic (exact) mass is 492 g/mol. The Morgan fingerprint density at radius 3 is 2.62 bits per heavy atom. The van der Waals surface area contributed by atoms with Crippen molar-refractivity contribution >= 4 is 38.9 Å². The van der Waals surface area contributed by atoms with Crippen molar-refractivity contribution in [1.29, 1.82) is 0 Å². The molecule has 0 bridgehead atoms. The molecule has 0 saturated carbocycles. The Hall–Kier alpha value is -2.20. The molecule has 170 valence electrons. The molecule has 1 saturated heterocycles. The zero-order valence-corrected chi connectivity index (χ0v) is 20.3. The van der Waals surface area contributed by atoms with E-state index >= 15 is 0 Å². The lowest BCUT2D eigenvalue weighted by Crippen LogP contribution is -2.46. The zero-order chi connectivity index (χ0) is 22.9. The van der Waals surface area contributed by atoms with Crippen LogP contribution in [0.15, 0.2) is 53.0 Å². The summed E-state index contributed by atoms with van der Waals surface area (Å²) in [6.07, 6.45) is 4.77. The van der Waals surface area contributed by atoms with Crippen LogP contribution >= 0.6 is 22.9 Å². The number of imidazole rings is 1. The molecule has 0 unspecified atom stereocenters. The molecule has 1 aliphatic rings. The third-order valence-corrected chi connectivity index (χ3v) is 9.26. The maximum atomic E-state index is 13.3. The molecular formula is C22H25ClN4O3S2. The number of amides is 1. The second kappa shape index (κ2) is 9.35. The summed E-state index contributed by atoms with van der Waals surface area (Å²) in [5.41, 5.74) is 0.853. The number of aromatic nitrogens is 2. The minimum atomic E-state index is -3.60. The quantitative estimate of drug-likeness (QED) is 0.568. The Morgan fingerprint density at radius 2 is 2.00 bits per heavy atom. The van der Waals surface area contributed by atoms with E-state index in [0.717, 1.165) is 10.4 Å². The van der Waals surface area contributed by atoms with Gasteiger partial charge in [0.2, 0.25) is 5.91 Å². The summed E-state index contributed by atoms with van der Waals surface area (Å²) >= 11 is 7.30. The number of hydrogen-bond donors (Lipinski definition) is 1. The van der Waals surface area contributed by atoms with E-state index in [9.17, 15) is 13.2 Å². The van der Waals surface area contributed by atoms with E-state index < -0.39 is 22.0 Å². The highest BCUT2D eigenvalue weighted by Crippen LogP contribution is 2.29. The first-order valence-corrected chi connectivity index (χ1v) is 13.0. The average Bonchev–Trinajstić information content (AvgIpc) is 3.41. The van der Waals surface area contributed by atoms with Crippen LogP contribution in [0.3, 0.4) is 0 Å². The van der Waals surface area contributed by atoms with E-state index in [0.29, 0.717) is 34.4 Å². The van der Waals surface area contributed by atoms with Crippen LogP contribution in [0.1, 0.15) is 35.1 Å². The number of thiophene rings is 1. The lowest BCUT2D eigenvalue weighted by molar-refractivity contribution is -0.126. The van der Waals surface area contributed by atoms with Gasteiger partial charge in [-0.2, -0.15) is 4.31 Å². The Balaban J connectivity index is 1.54. The lowest BCUT2D eigenvalue weighted by atomic mass is 9.97. The van der Waals surface area contributed by atoms with Gasteiger partial charge in [-0.1, -0.05) is 23.7 Å². The highest BCUT2D eigenvalue weighted by molar-refractivity contribution is 7.91. The fourth-order valence-corrected chi connectivity index (χ4v) is 7.01. The standard InChI is InChI=1S/C22H25ClN4O3S2/c1-15-5-10-19(31-15)32(29,30)27-12-3-4-17(14-27)22(28)25-20(21-24-11-13-26(21)2)16-6-8-18(23)9-7-16/h5-11,13,17,20H,3-4,12,14H2,1-2H3,(H,25,28)/t17-,20-/m0/s1. The maximum Gasteiger partial charge on any atom is 0.252 e. The van der Waals surface area contributed by atoms with Gasteiger partial charge in [0.25, 0.3) is 10.0 Å². The van der Waals surface area contributed by atoms with Crippen LogP contribution in [0.2, 0.25) is 5.02 Å². The summed E-state index contributed by atoms with van der Waals surface area (Å²) in [5, 5.41) is 3.70. The van der Waals surface area contributed by atoms with Crippen LogP contribution in [0.25, 0.3) is 0 Å². The molecule has 4 rings (SSSR count). The number of carbonyl (C=O) groups is 1. The molecule has 3 aromatic rings. The van der Waals surface area contributed by atoms with Crippen molar-refractivity contribution in [2.75, 3.05) is 13.1 Å². The van der Waals surface area contributed by atoms with Crippen molar-refractivity contribution < 1.29 is 13.2 Å². The topological polar surface area (TPSA) is 84.3 Å². The summed E-state index contributed by atoms with van der Waals surface area (Å²) in [6, 6.07) is 10.2. The molecule has 32 heavy (non-hydrogen) atoms. The van der Waals surface area contributed by atoms with Gasteiger partial charge in [0.1, 0.15) is 16.1 Å². The molecule has 1 amide bonds. The molecule has 2 atom stereocenters. The highest BCUT2D eigenvalue weighted by atomic mass is 35.5. The number of rotatable bonds is 6. The van der Waals surface area contributed by atoms with Crippen molar-refractivity contribution in [1.82, 2.24) is 19.2 Å². The predicted octanol–water partition coefficient (Wildman–Crippen LogP) is 3.75. The normalized spacial score (nSPS) is 18.4. The second-order valence-corrected chi connectivity index (χ2v) is 11.8. The summed E-state index contributed by atoms with van der Waals surface area (Å²) in [4.78, 5) is 18.6. The van der Waals surface area contributed by atoms with Crippen LogP contribution in [0.5, 0.6) is 0 Å². The van der Waals surface area contributed by atoms with Gasteiger partial charge in [0.05, 0.1) is 5.92 Å². The molecule has 1 aromatic carbocycles. The van der Waals surface area contributed by atoms with Gasteiger partial charge in [-0.05, 0) is 49.6 Å². The van der Waals surface area contributed by atoms with Gasteiger partial charge >= 0.3 is 0 Å². The molecule has 0 radical (unpaired) electrons. The minimum absolute atomic E-state index is 0.166. The summed E-state index contributed by atoms with van der Waals surface area (Å²) in [7, 11) is -1.73. The lowest BCUT2D eigenvalue weighted by Gasteiger charge is -2.32. The SMILES string of the molecule is Cc1ccc(S(=O)(=O)N2CCC[C@H](C(=O)N[C@@H](c3ccc(Cl)cc3)c3nccn3C)C2)s1. The molecule has 1 aliphatic heterocycles. The van der Waals surface area contributed by atoms with Gasteiger partial charge in [0, 0.05) is 42.4 Å². The largest absolute Gasteiger partial charge is 0.342 e. The summed E-state index contributed by atoms with van der Waals surface area (Å²) < 4.78 is 29.7. The Bertz CT molecular complexity index is 1200. The fraction of sp³-hybridized carbons (Fsp3) is 0.364. The van der Waals surface area contributed by atoms with Crippen LogP contribution in [0.4, 0.5) is 0 Å².